The average Bonchev–Trinajstić information content (AvgIpc) is 2.59. The highest BCUT2D eigenvalue weighted by atomic mass is 16.6. The van der Waals surface area contributed by atoms with E-state index >= 15 is 0 Å². The van der Waals surface area contributed by atoms with E-state index in [1.165, 1.54) is 0 Å². The van der Waals surface area contributed by atoms with Gasteiger partial charge in [0.15, 0.2) is 0 Å². The van der Waals surface area contributed by atoms with Crippen LogP contribution in [0.3, 0.4) is 0 Å². The van der Waals surface area contributed by atoms with Gasteiger partial charge in [0.1, 0.15) is 0 Å². The summed E-state index contributed by atoms with van der Waals surface area (Å²) in [6, 6.07) is 0. The summed E-state index contributed by atoms with van der Waals surface area (Å²) in [6.45, 7) is 6.64. The molecular weight excluding hydrogens is 300 g/mol. The second-order valence-electron chi connectivity index (χ2n) is 5.58. The Labute approximate surface area is 139 Å². The van der Waals surface area contributed by atoms with E-state index in [0.29, 0.717) is 58.6 Å². The van der Waals surface area contributed by atoms with Crippen LogP contribution in [0.25, 0.3) is 0 Å². The van der Waals surface area contributed by atoms with Crippen molar-refractivity contribution >= 4 is 5.91 Å². The molecule has 0 aliphatic carbocycles. The van der Waals surface area contributed by atoms with Gasteiger partial charge in [0.25, 0.3) is 0 Å². The van der Waals surface area contributed by atoms with Crippen molar-refractivity contribution in [2.45, 2.75) is 19.3 Å². The fraction of sp³-hybridized carbons (Fsp3) is 0.938. The van der Waals surface area contributed by atoms with E-state index in [0.717, 1.165) is 32.5 Å². The molecule has 23 heavy (non-hydrogen) atoms. The number of nitrogens with one attached hydrogen (secondary N) is 2. The minimum absolute atomic E-state index is 0.0657. The maximum atomic E-state index is 11.7. The summed E-state index contributed by atoms with van der Waals surface area (Å²) in [6.07, 6.45) is 2.69. The molecule has 0 aromatic carbocycles. The van der Waals surface area contributed by atoms with E-state index in [9.17, 15) is 4.79 Å². The lowest BCUT2D eigenvalue weighted by atomic mass is 9.98. The highest BCUT2D eigenvalue weighted by molar-refractivity contribution is 5.75. The topological polar surface area (TPSA) is 78.0 Å². The molecule has 0 saturated carbocycles. The SMILES string of the molecule is COCCOCCOCCOCCC(=O)NCC1CCNCC1. The molecule has 136 valence electrons. The van der Waals surface area contributed by atoms with E-state index in [2.05, 4.69) is 10.6 Å². The first-order chi connectivity index (χ1) is 11.3. The van der Waals surface area contributed by atoms with Crippen molar-refractivity contribution in [3.8, 4) is 0 Å². The number of carbonyl (C=O) groups excluding carboxylic acids is 1. The molecule has 2 N–H and O–H groups in total. The first-order valence-electron chi connectivity index (χ1n) is 8.52. The molecule has 0 aromatic rings. The van der Waals surface area contributed by atoms with Gasteiger partial charge in [0, 0.05) is 20.1 Å². The van der Waals surface area contributed by atoms with Crippen LogP contribution in [0.4, 0.5) is 0 Å². The third-order valence-electron chi connectivity index (χ3n) is 3.70. The van der Waals surface area contributed by atoms with Gasteiger partial charge in [-0.1, -0.05) is 0 Å². The van der Waals surface area contributed by atoms with Crippen LogP contribution in [0.15, 0.2) is 0 Å². The Morgan fingerprint density at radius 3 is 2.13 bits per heavy atom. The summed E-state index contributed by atoms with van der Waals surface area (Å²) < 4.78 is 20.9. The zero-order valence-electron chi connectivity index (χ0n) is 14.3. The standard InChI is InChI=1S/C16H32N2O5/c1-20-8-9-22-12-13-23-11-10-21-7-4-16(19)18-14-15-2-5-17-6-3-15/h15,17H,2-14H2,1H3,(H,18,19). The molecule has 0 atom stereocenters. The Hall–Kier alpha value is -0.730. The Morgan fingerprint density at radius 2 is 1.52 bits per heavy atom. The number of amides is 1. The number of methoxy groups -OCH3 is 1. The summed E-state index contributed by atoms with van der Waals surface area (Å²) in [4.78, 5) is 11.7. The van der Waals surface area contributed by atoms with Crippen molar-refractivity contribution in [2.75, 3.05) is 73.0 Å². The Bertz CT molecular complexity index is 286. The highest BCUT2D eigenvalue weighted by Gasteiger charge is 2.13. The van der Waals surface area contributed by atoms with Gasteiger partial charge in [-0.3, -0.25) is 4.79 Å². The Morgan fingerprint density at radius 1 is 0.957 bits per heavy atom. The molecule has 0 aromatic heterocycles. The second-order valence-corrected chi connectivity index (χ2v) is 5.58. The Balaban J connectivity index is 1.78. The molecule has 0 spiro atoms. The van der Waals surface area contributed by atoms with Crippen LogP contribution in [0, 0.1) is 5.92 Å². The number of carbonyl (C=O) groups is 1. The van der Waals surface area contributed by atoms with E-state index in [1.807, 2.05) is 0 Å². The van der Waals surface area contributed by atoms with Crippen molar-refractivity contribution in [1.82, 2.24) is 10.6 Å². The largest absolute Gasteiger partial charge is 0.382 e. The Kier molecular flexibility index (Phi) is 13.1. The fourth-order valence-corrected chi connectivity index (χ4v) is 2.28. The first-order valence-corrected chi connectivity index (χ1v) is 8.52. The van der Waals surface area contributed by atoms with Crippen LogP contribution in [-0.2, 0) is 23.7 Å². The molecule has 1 fully saturated rings. The molecule has 1 aliphatic rings. The highest BCUT2D eigenvalue weighted by Crippen LogP contribution is 2.09. The quantitative estimate of drug-likeness (QED) is 0.442. The summed E-state index contributed by atoms with van der Waals surface area (Å²) in [5.41, 5.74) is 0. The van der Waals surface area contributed by atoms with Gasteiger partial charge in [-0.25, -0.2) is 0 Å². The van der Waals surface area contributed by atoms with Crippen molar-refractivity contribution in [3.63, 3.8) is 0 Å². The van der Waals surface area contributed by atoms with Gasteiger partial charge < -0.3 is 29.6 Å². The first kappa shape index (κ1) is 20.3. The van der Waals surface area contributed by atoms with E-state index in [1.54, 1.807) is 7.11 Å². The predicted octanol–water partition coefficient (Wildman–Crippen LogP) is 0.189. The minimum Gasteiger partial charge on any atom is -0.382 e. The van der Waals surface area contributed by atoms with Gasteiger partial charge >= 0.3 is 0 Å². The molecule has 1 amide bonds. The molecule has 0 bridgehead atoms. The lowest BCUT2D eigenvalue weighted by molar-refractivity contribution is -0.122. The molecule has 1 rings (SSSR count). The monoisotopic (exact) mass is 332 g/mol. The zero-order valence-corrected chi connectivity index (χ0v) is 14.3. The molecule has 0 radical (unpaired) electrons. The number of hydrogen-bond donors (Lipinski definition) is 2. The van der Waals surface area contributed by atoms with Crippen molar-refractivity contribution in [3.05, 3.63) is 0 Å². The smallest absolute Gasteiger partial charge is 0.222 e. The zero-order chi connectivity index (χ0) is 16.6. The summed E-state index contributed by atoms with van der Waals surface area (Å²) >= 11 is 0. The summed E-state index contributed by atoms with van der Waals surface area (Å²) in [5.74, 6) is 0.677. The fourth-order valence-electron chi connectivity index (χ4n) is 2.28. The number of piperidine rings is 1. The van der Waals surface area contributed by atoms with Gasteiger partial charge in [0.2, 0.25) is 5.91 Å². The third kappa shape index (κ3) is 12.4. The number of hydrogen-bond acceptors (Lipinski definition) is 6. The molecule has 0 unspecified atom stereocenters. The van der Waals surface area contributed by atoms with E-state index in [-0.39, 0.29) is 5.91 Å². The van der Waals surface area contributed by atoms with Crippen LogP contribution in [0.1, 0.15) is 19.3 Å². The van der Waals surface area contributed by atoms with Crippen LogP contribution in [0.2, 0.25) is 0 Å². The van der Waals surface area contributed by atoms with Gasteiger partial charge in [-0.15, -0.1) is 0 Å². The second kappa shape index (κ2) is 14.8. The molecule has 1 saturated heterocycles. The maximum Gasteiger partial charge on any atom is 0.222 e. The molecule has 7 nitrogen and oxygen atoms in total. The normalized spacial score (nSPS) is 15.7. The predicted molar refractivity (Wildman–Crippen MR) is 87.6 cm³/mol. The van der Waals surface area contributed by atoms with Gasteiger partial charge in [-0.2, -0.15) is 0 Å². The molecule has 1 heterocycles. The number of rotatable bonds is 14. The van der Waals surface area contributed by atoms with Crippen molar-refractivity contribution in [1.29, 1.82) is 0 Å². The maximum absolute atomic E-state index is 11.7. The van der Waals surface area contributed by atoms with Crippen LogP contribution < -0.4 is 10.6 Å². The summed E-state index contributed by atoms with van der Waals surface area (Å²) in [5, 5.41) is 6.30. The van der Waals surface area contributed by atoms with Crippen LogP contribution in [0.5, 0.6) is 0 Å². The lowest BCUT2D eigenvalue weighted by Gasteiger charge is -2.22. The van der Waals surface area contributed by atoms with E-state index in [4.69, 9.17) is 18.9 Å². The van der Waals surface area contributed by atoms with Gasteiger partial charge in [-0.05, 0) is 31.8 Å². The summed E-state index contributed by atoms with van der Waals surface area (Å²) in [7, 11) is 1.64. The molecular formula is C16H32N2O5. The molecule has 7 heteroatoms. The van der Waals surface area contributed by atoms with E-state index < -0.39 is 0 Å². The number of ether oxygens (including phenoxy) is 4. The van der Waals surface area contributed by atoms with Crippen molar-refractivity contribution < 1.29 is 23.7 Å². The van der Waals surface area contributed by atoms with Crippen LogP contribution in [-0.4, -0.2) is 78.9 Å². The third-order valence-corrected chi connectivity index (χ3v) is 3.70. The average molecular weight is 332 g/mol. The van der Waals surface area contributed by atoms with Gasteiger partial charge in [0.05, 0.1) is 46.2 Å². The lowest BCUT2D eigenvalue weighted by Crippen LogP contribution is -2.36. The van der Waals surface area contributed by atoms with Crippen LogP contribution >= 0.6 is 0 Å². The molecule has 1 aliphatic heterocycles. The minimum atomic E-state index is 0.0657. The van der Waals surface area contributed by atoms with Crippen molar-refractivity contribution in [2.24, 2.45) is 5.92 Å².